The predicted molar refractivity (Wildman–Crippen MR) is 73.0 cm³/mol. The highest BCUT2D eigenvalue weighted by Crippen LogP contribution is 2.43. The second-order valence-corrected chi connectivity index (χ2v) is 6.23. The minimum absolute atomic E-state index is 0.0423. The van der Waals surface area contributed by atoms with Crippen molar-refractivity contribution in [2.75, 3.05) is 20.6 Å². The molecule has 1 N–H and O–H groups in total. The molecule has 1 aromatic rings. The van der Waals surface area contributed by atoms with Crippen LogP contribution in [0.5, 0.6) is 0 Å². The van der Waals surface area contributed by atoms with Crippen molar-refractivity contribution in [1.82, 2.24) is 14.7 Å². The number of aliphatic hydroxyl groups is 1. The van der Waals surface area contributed by atoms with Gasteiger partial charge in [0.15, 0.2) is 0 Å². The second kappa shape index (κ2) is 5.19. The van der Waals surface area contributed by atoms with E-state index in [1.807, 2.05) is 18.8 Å². The molecule has 18 heavy (non-hydrogen) atoms. The van der Waals surface area contributed by atoms with Crippen LogP contribution in [0.25, 0.3) is 0 Å². The fourth-order valence-electron chi connectivity index (χ4n) is 2.85. The zero-order valence-electron chi connectivity index (χ0n) is 11.4. The van der Waals surface area contributed by atoms with Gasteiger partial charge in [0.25, 0.3) is 0 Å². The summed E-state index contributed by atoms with van der Waals surface area (Å²) < 4.78 is 2.00. The standard InChI is InChI=1S/C13H22ClN3O/c1-13(5-4-10(18)8-13)12-11(14)9-15-17(12)7-6-16(2)3/h9-10,18H,4-8H2,1-3H3. The highest BCUT2D eigenvalue weighted by atomic mass is 35.5. The van der Waals surface area contributed by atoms with E-state index >= 15 is 0 Å². The Bertz CT molecular complexity index is 418. The summed E-state index contributed by atoms with van der Waals surface area (Å²) in [6.45, 7) is 3.95. The molecule has 1 heterocycles. The van der Waals surface area contributed by atoms with Crippen molar-refractivity contribution in [2.24, 2.45) is 0 Å². The first-order valence-corrected chi connectivity index (χ1v) is 6.85. The minimum atomic E-state index is -0.205. The van der Waals surface area contributed by atoms with Crippen molar-refractivity contribution in [1.29, 1.82) is 0 Å². The van der Waals surface area contributed by atoms with Gasteiger partial charge in [0.2, 0.25) is 0 Å². The first-order valence-electron chi connectivity index (χ1n) is 6.47. The molecule has 2 atom stereocenters. The summed E-state index contributed by atoms with van der Waals surface area (Å²) in [5.41, 5.74) is 1.04. The maximum atomic E-state index is 9.78. The average Bonchev–Trinajstić information content (AvgIpc) is 2.80. The van der Waals surface area contributed by atoms with Gasteiger partial charge in [-0.1, -0.05) is 18.5 Å². The van der Waals surface area contributed by atoms with Gasteiger partial charge in [-0.15, -0.1) is 0 Å². The van der Waals surface area contributed by atoms with Crippen LogP contribution in [0, 0.1) is 0 Å². The summed E-state index contributed by atoms with van der Waals surface area (Å²) >= 11 is 6.30. The van der Waals surface area contributed by atoms with Crippen LogP contribution in [0.4, 0.5) is 0 Å². The van der Waals surface area contributed by atoms with Gasteiger partial charge in [0, 0.05) is 12.0 Å². The van der Waals surface area contributed by atoms with Gasteiger partial charge in [0.05, 0.1) is 29.6 Å². The van der Waals surface area contributed by atoms with Crippen LogP contribution >= 0.6 is 11.6 Å². The Labute approximate surface area is 114 Å². The fourth-order valence-corrected chi connectivity index (χ4v) is 3.22. The maximum absolute atomic E-state index is 9.78. The molecule has 5 heteroatoms. The SMILES string of the molecule is CN(C)CCn1ncc(Cl)c1C1(C)CCC(O)C1. The van der Waals surface area contributed by atoms with Crippen LogP contribution in [0.1, 0.15) is 31.9 Å². The van der Waals surface area contributed by atoms with Gasteiger partial charge in [-0.3, -0.25) is 4.68 Å². The fraction of sp³-hybridized carbons (Fsp3) is 0.769. The van der Waals surface area contributed by atoms with E-state index in [4.69, 9.17) is 11.6 Å². The van der Waals surface area contributed by atoms with E-state index in [1.165, 1.54) is 0 Å². The number of halogens is 1. The van der Waals surface area contributed by atoms with E-state index < -0.39 is 0 Å². The van der Waals surface area contributed by atoms with Crippen LogP contribution < -0.4 is 0 Å². The Morgan fingerprint density at radius 1 is 1.61 bits per heavy atom. The Morgan fingerprint density at radius 3 is 2.89 bits per heavy atom. The van der Waals surface area contributed by atoms with Gasteiger partial charge in [-0.05, 0) is 33.4 Å². The Balaban J connectivity index is 2.23. The molecule has 1 aliphatic carbocycles. The predicted octanol–water partition coefficient (Wildman–Crippen LogP) is 1.90. The summed E-state index contributed by atoms with van der Waals surface area (Å²) in [6.07, 6.45) is 4.12. The zero-order valence-corrected chi connectivity index (χ0v) is 12.1. The van der Waals surface area contributed by atoms with Gasteiger partial charge in [0.1, 0.15) is 0 Å². The molecule has 0 aliphatic heterocycles. The lowest BCUT2D eigenvalue weighted by molar-refractivity contribution is 0.174. The quantitative estimate of drug-likeness (QED) is 0.909. The molecule has 102 valence electrons. The second-order valence-electron chi connectivity index (χ2n) is 5.82. The summed E-state index contributed by atoms with van der Waals surface area (Å²) in [4.78, 5) is 2.13. The third-order valence-electron chi connectivity index (χ3n) is 3.84. The number of aliphatic hydroxyl groups excluding tert-OH is 1. The maximum Gasteiger partial charge on any atom is 0.0823 e. The van der Waals surface area contributed by atoms with Crippen LogP contribution in [0.2, 0.25) is 5.02 Å². The van der Waals surface area contributed by atoms with E-state index in [0.29, 0.717) is 0 Å². The van der Waals surface area contributed by atoms with Gasteiger partial charge in [-0.2, -0.15) is 5.10 Å². The first-order chi connectivity index (χ1) is 8.42. The molecule has 1 aromatic heterocycles. The molecule has 0 aromatic carbocycles. The largest absolute Gasteiger partial charge is 0.393 e. The van der Waals surface area contributed by atoms with Crippen molar-refractivity contribution >= 4 is 11.6 Å². The Hall–Kier alpha value is -0.580. The summed E-state index contributed by atoms with van der Waals surface area (Å²) in [7, 11) is 4.09. The summed E-state index contributed by atoms with van der Waals surface area (Å²) in [5, 5.41) is 14.9. The summed E-state index contributed by atoms with van der Waals surface area (Å²) in [5.74, 6) is 0. The van der Waals surface area contributed by atoms with E-state index in [9.17, 15) is 5.11 Å². The highest BCUT2D eigenvalue weighted by Gasteiger charge is 2.39. The van der Waals surface area contributed by atoms with E-state index in [0.717, 1.165) is 43.1 Å². The third-order valence-corrected chi connectivity index (χ3v) is 4.12. The lowest BCUT2D eigenvalue weighted by Crippen LogP contribution is -2.27. The Morgan fingerprint density at radius 2 is 2.33 bits per heavy atom. The van der Waals surface area contributed by atoms with Crippen LogP contribution in [-0.2, 0) is 12.0 Å². The smallest absolute Gasteiger partial charge is 0.0823 e. The molecule has 1 aliphatic rings. The minimum Gasteiger partial charge on any atom is -0.393 e. The highest BCUT2D eigenvalue weighted by molar-refractivity contribution is 6.31. The lowest BCUT2D eigenvalue weighted by Gasteiger charge is -2.26. The van der Waals surface area contributed by atoms with Crippen molar-refractivity contribution < 1.29 is 5.11 Å². The summed E-state index contributed by atoms with van der Waals surface area (Å²) in [6, 6.07) is 0. The topological polar surface area (TPSA) is 41.3 Å². The van der Waals surface area contributed by atoms with Crippen LogP contribution in [0.15, 0.2) is 6.20 Å². The number of hydrogen-bond donors (Lipinski definition) is 1. The number of aromatic nitrogens is 2. The monoisotopic (exact) mass is 271 g/mol. The molecule has 2 rings (SSSR count). The molecular formula is C13H22ClN3O. The van der Waals surface area contributed by atoms with Crippen LogP contribution in [-0.4, -0.2) is 46.5 Å². The normalized spacial score (nSPS) is 28.2. The van der Waals surface area contributed by atoms with Gasteiger partial charge in [-0.25, -0.2) is 0 Å². The van der Waals surface area contributed by atoms with E-state index in [2.05, 4.69) is 16.9 Å². The van der Waals surface area contributed by atoms with Crippen molar-refractivity contribution in [3.63, 3.8) is 0 Å². The van der Waals surface area contributed by atoms with Crippen molar-refractivity contribution in [2.45, 2.75) is 44.2 Å². The molecule has 1 saturated carbocycles. The molecule has 0 spiro atoms. The molecule has 0 amide bonds. The molecule has 0 bridgehead atoms. The van der Waals surface area contributed by atoms with Crippen LogP contribution in [0.3, 0.4) is 0 Å². The van der Waals surface area contributed by atoms with Gasteiger partial charge < -0.3 is 10.0 Å². The first kappa shape index (κ1) is 13.8. The van der Waals surface area contributed by atoms with Crippen molar-refractivity contribution in [3.05, 3.63) is 16.9 Å². The zero-order chi connectivity index (χ0) is 13.3. The van der Waals surface area contributed by atoms with E-state index in [1.54, 1.807) is 6.20 Å². The number of likely N-dealkylation sites (N-methyl/N-ethyl adjacent to an activating group) is 1. The number of rotatable bonds is 4. The average molecular weight is 272 g/mol. The van der Waals surface area contributed by atoms with Crippen molar-refractivity contribution in [3.8, 4) is 0 Å². The molecule has 0 radical (unpaired) electrons. The molecule has 1 fully saturated rings. The van der Waals surface area contributed by atoms with Gasteiger partial charge >= 0.3 is 0 Å². The molecule has 0 saturated heterocycles. The van der Waals surface area contributed by atoms with E-state index in [-0.39, 0.29) is 11.5 Å². The number of hydrogen-bond acceptors (Lipinski definition) is 3. The molecule has 4 nitrogen and oxygen atoms in total. The lowest BCUT2D eigenvalue weighted by atomic mass is 9.85. The number of nitrogens with zero attached hydrogens (tertiary/aromatic N) is 3. The Kier molecular flexibility index (Phi) is 3.99. The molecule has 2 unspecified atom stereocenters. The third kappa shape index (κ3) is 2.71. The molecular weight excluding hydrogens is 250 g/mol.